The number of hydrogen-bond acceptors (Lipinski definition) is 2. The number of thiophene rings is 1. The molecule has 2 aromatic heterocycles. The summed E-state index contributed by atoms with van der Waals surface area (Å²) in [5.74, 6) is 0.382. The van der Waals surface area contributed by atoms with Gasteiger partial charge in [-0.05, 0) is 93.2 Å². The van der Waals surface area contributed by atoms with Gasteiger partial charge >= 0.3 is 0 Å². The van der Waals surface area contributed by atoms with E-state index in [1.165, 1.54) is 81.0 Å². The number of rotatable bonds is 5. The van der Waals surface area contributed by atoms with Crippen molar-refractivity contribution in [2.24, 2.45) is 0 Å². The Morgan fingerprint density at radius 1 is 0.468 bits per heavy atom. The van der Waals surface area contributed by atoms with Crippen LogP contribution < -0.4 is 0 Å². The van der Waals surface area contributed by atoms with E-state index in [0.29, 0.717) is 5.92 Å². The molecule has 0 radical (unpaired) electrons. The molecule has 10 rings (SSSR count). The van der Waals surface area contributed by atoms with Gasteiger partial charge < -0.3 is 4.42 Å². The van der Waals surface area contributed by atoms with Crippen LogP contribution in [-0.4, -0.2) is 0 Å². The van der Waals surface area contributed by atoms with E-state index in [4.69, 9.17) is 4.42 Å². The summed E-state index contributed by atoms with van der Waals surface area (Å²) < 4.78 is 9.19. The highest BCUT2D eigenvalue weighted by Gasteiger charge is 2.28. The lowest BCUT2D eigenvalue weighted by Gasteiger charge is -2.14. The van der Waals surface area contributed by atoms with Crippen LogP contribution in [0.4, 0.5) is 0 Å². The number of fused-ring (bicyclic) bond motifs is 9. The Balaban J connectivity index is 0.986. The van der Waals surface area contributed by atoms with Gasteiger partial charge in [0.25, 0.3) is 0 Å². The van der Waals surface area contributed by atoms with E-state index in [1.54, 1.807) is 0 Å². The summed E-state index contributed by atoms with van der Waals surface area (Å²) in [6.07, 6.45) is 2.04. The van der Waals surface area contributed by atoms with Crippen molar-refractivity contribution in [1.29, 1.82) is 0 Å². The highest BCUT2D eigenvalue weighted by molar-refractivity contribution is 7.25. The van der Waals surface area contributed by atoms with E-state index in [9.17, 15) is 0 Å². The molecule has 0 bridgehead atoms. The van der Waals surface area contributed by atoms with Crippen molar-refractivity contribution in [2.45, 2.75) is 18.8 Å². The predicted octanol–water partition coefficient (Wildman–Crippen LogP) is 13.0. The van der Waals surface area contributed by atoms with Crippen molar-refractivity contribution in [3.63, 3.8) is 0 Å². The van der Waals surface area contributed by atoms with Gasteiger partial charge in [-0.25, -0.2) is 0 Å². The second-order valence-electron chi connectivity index (χ2n) is 12.8. The maximum Gasteiger partial charge on any atom is 0.136 e. The average Bonchev–Trinajstić information content (AvgIpc) is 3.79. The van der Waals surface area contributed by atoms with Crippen molar-refractivity contribution < 1.29 is 4.42 Å². The zero-order valence-corrected chi connectivity index (χ0v) is 26.6. The quantitative estimate of drug-likeness (QED) is 0.187. The predicted molar refractivity (Wildman–Crippen MR) is 200 cm³/mol. The Bertz CT molecular complexity index is 2640. The fraction of sp³-hybridized carbons (Fsp3) is 0.0667. The first-order chi connectivity index (χ1) is 23.3. The number of hydrogen-bond donors (Lipinski definition) is 0. The van der Waals surface area contributed by atoms with Crippen LogP contribution in [0, 0.1) is 0 Å². The number of aryl methyl sites for hydroxylation is 1. The summed E-state index contributed by atoms with van der Waals surface area (Å²) in [4.78, 5) is 0. The highest BCUT2D eigenvalue weighted by atomic mass is 32.1. The third-order valence-electron chi connectivity index (χ3n) is 10.1. The van der Waals surface area contributed by atoms with E-state index in [-0.39, 0.29) is 0 Å². The first-order valence-corrected chi connectivity index (χ1v) is 17.2. The molecule has 1 atom stereocenters. The average molecular weight is 619 g/mol. The normalized spacial score (nSPS) is 13.9. The van der Waals surface area contributed by atoms with Gasteiger partial charge in [-0.3, -0.25) is 0 Å². The monoisotopic (exact) mass is 618 g/mol. The fourth-order valence-electron chi connectivity index (χ4n) is 7.90. The first kappa shape index (κ1) is 26.7. The Labute approximate surface area is 277 Å². The topological polar surface area (TPSA) is 13.1 Å². The molecular formula is C45H30OS. The van der Waals surface area contributed by atoms with Crippen molar-refractivity contribution in [3.8, 4) is 33.4 Å². The molecule has 222 valence electrons. The molecule has 7 aromatic carbocycles. The van der Waals surface area contributed by atoms with Crippen LogP contribution in [0.15, 0.2) is 156 Å². The second-order valence-corrected chi connectivity index (χ2v) is 13.9. The third-order valence-corrected chi connectivity index (χ3v) is 11.3. The second kappa shape index (κ2) is 10.6. The van der Waals surface area contributed by atoms with Crippen molar-refractivity contribution in [2.75, 3.05) is 0 Å². The Morgan fingerprint density at radius 3 is 2.19 bits per heavy atom. The number of benzene rings is 7. The molecule has 0 saturated heterocycles. The first-order valence-electron chi connectivity index (χ1n) is 16.4. The summed E-state index contributed by atoms with van der Waals surface area (Å²) in [5, 5.41) is 5.04. The molecule has 1 unspecified atom stereocenters. The molecule has 0 fully saturated rings. The van der Waals surface area contributed by atoms with Crippen LogP contribution in [0.2, 0.25) is 0 Å². The maximum absolute atomic E-state index is 6.53. The maximum atomic E-state index is 6.53. The van der Waals surface area contributed by atoms with Crippen LogP contribution in [0.3, 0.4) is 0 Å². The van der Waals surface area contributed by atoms with E-state index in [2.05, 4.69) is 152 Å². The largest absolute Gasteiger partial charge is 0.456 e. The summed E-state index contributed by atoms with van der Waals surface area (Å²) in [5.41, 5.74) is 13.9. The van der Waals surface area contributed by atoms with Crippen molar-refractivity contribution in [3.05, 3.63) is 168 Å². The smallest absolute Gasteiger partial charge is 0.136 e. The zero-order chi connectivity index (χ0) is 30.9. The van der Waals surface area contributed by atoms with E-state index in [1.807, 2.05) is 11.3 Å². The van der Waals surface area contributed by atoms with Gasteiger partial charge in [0.2, 0.25) is 0 Å². The minimum Gasteiger partial charge on any atom is -0.456 e. The van der Waals surface area contributed by atoms with Gasteiger partial charge in [0.1, 0.15) is 11.2 Å². The molecule has 0 N–H and O–H groups in total. The van der Waals surface area contributed by atoms with Gasteiger partial charge in [0.05, 0.1) is 0 Å². The van der Waals surface area contributed by atoms with Gasteiger partial charge in [0.15, 0.2) is 0 Å². The molecule has 2 heterocycles. The molecular weight excluding hydrogens is 589 g/mol. The van der Waals surface area contributed by atoms with Crippen LogP contribution in [0.1, 0.15) is 29.0 Å². The standard InChI is InChI=1S/C45H30OS/c1-2-9-29(10-3-1)30-19-23-36-35(33-11-4-5-12-34(33)40(36)26-30)21-17-28-18-22-39-42(25-28)46-41-15-8-14-32(45(39)41)31-20-24-38-37-13-6-7-16-43(37)47-44(38)27-31/h1-16,18-20,22-27,35H,17,21H2. The van der Waals surface area contributed by atoms with Crippen LogP contribution in [-0.2, 0) is 6.42 Å². The van der Waals surface area contributed by atoms with Crippen molar-refractivity contribution in [1.82, 2.24) is 0 Å². The molecule has 0 amide bonds. The molecule has 0 spiro atoms. The lowest BCUT2D eigenvalue weighted by Crippen LogP contribution is -1.99. The van der Waals surface area contributed by atoms with Crippen molar-refractivity contribution >= 4 is 53.4 Å². The number of furan rings is 1. The van der Waals surface area contributed by atoms with Crippen LogP contribution in [0.25, 0.3) is 75.5 Å². The fourth-order valence-corrected chi connectivity index (χ4v) is 9.04. The molecule has 1 aliphatic carbocycles. The summed E-state index contributed by atoms with van der Waals surface area (Å²) in [6.45, 7) is 0. The van der Waals surface area contributed by atoms with E-state index >= 15 is 0 Å². The molecule has 47 heavy (non-hydrogen) atoms. The Hall–Kier alpha value is -5.44. The lowest BCUT2D eigenvalue weighted by atomic mass is 9.89. The Morgan fingerprint density at radius 2 is 1.23 bits per heavy atom. The molecule has 2 heteroatoms. The summed E-state index contributed by atoms with van der Waals surface area (Å²) in [7, 11) is 0. The highest BCUT2D eigenvalue weighted by Crippen LogP contribution is 2.48. The minimum atomic E-state index is 0.382. The van der Waals surface area contributed by atoms with Gasteiger partial charge in [-0.1, -0.05) is 121 Å². The SMILES string of the molecule is c1ccc(-c2ccc3c(c2)-c2ccccc2C3CCc2ccc3c(c2)oc2cccc(-c4ccc5c(c4)sc4ccccc45)c23)cc1. The molecule has 1 aliphatic rings. The molecule has 1 nitrogen and oxygen atoms in total. The lowest BCUT2D eigenvalue weighted by molar-refractivity contribution is 0.666. The minimum absolute atomic E-state index is 0.382. The van der Waals surface area contributed by atoms with E-state index < -0.39 is 0 Å². The third kappa shape index (κ3) is 4.29. The van der Waals surface area contributed by atoms with Gasteiger partial charge in [-0.2, -0.15) is 0 Å². The van der Waals surface area contributed by atoms with E-state index in [0.717, 1.165) is 24.0 Å². The molecule has 0 saturated carbocycles. The molecule has 0 aliphatic heterocycles. The zero-order valence-electron chi connectivity index (χ0n) is 25.7. The van der Waals surface area contributed by atoms with Crippen LogP contribution in [0.5, 0.6) is 0 Å². The van der Waals surface area contributed by atoms with Crippen LogP contribution >= 0.6 is 11.3 Å². The van der Waals surface area contributed by atoms with Gasteiger partial charge in [0, 0.05) is 36.9 Å². The van der Waals surface area contributed by atoms with Gasteiger partial charge in [-0.15, -0.1) is 11.3 Å². The summed E-state index contributed by atoms with van der Waals surface area (Å²) in [6, 6.07) is 55.6. The summed E-state index contributed by atoms with van der Waals surface area (Å²) >= 11 is 1.87. The Kier molecular flexibility index (Phi) is 6.00. The molecule has 9 aromatic rings.